The molecule has 0 spiro atoms. The third-order valence-corrected chi connectivity index (χ3v) is 5.44. The van der Waals surface area contributed by atoms with Gasteiger partial charge in [-0.05, 0) is 26.3 Å². The summed E-state index contributed by atoms with van der Waals surface area (Å²) in [6.45, 7) is 8.93. The molecule has 0 bridgehead atoms. The molecular formula is C18H26N4O2. The Balaban J connectivity index is 1.87. The number of carbonyl (C=O) groups is 1. The zero-order chi connectivity index (χ0) is 17.6. The highest BCUT2D eigenvalue weighted by molar-refractivity contribution is 5.98. The lowest BCUT2D eigenvalue weighted by Gasteiger charge is -2.54. The molecule has 2 unspecified atom stereocenters. The van der Waals surface area contributed by atoms with E-state index in [1.54, 1.807) is 10.9 Å². The molecule has 3 rings (SSSR count). The van der Waals surface area contributed by atoms with Crippen molar-refractivity contribution in [1.29, 1.82) is 0 Å². The van der Waals surface area contributed by atoms with Crippen LogP contribution in [0, 0.1) is 12.3 Å². The Morgan fingerprint density at radius 3 is 2.83 bits per heavy atom. The van der Waals surface area contributed by atoms with Crippen molar-refractivity contribution in [1.82, 2.24) is 19.7 Å². The Morgan fingerprint density at radius 1 is 1.50 bits per heavy atom. The molecule has 2 aromatic rings. The molecule has 0 aromatic carbocycles. The average molecular weight is 330 g/mol. The van der Waals surface area contributed by atoms with E-state index in [2.05, 4.69) is 23.9 Å². The van der Waals surface area contributed by atoms with E-state index < -0.39 is 0 Å². The van der Waals surface area contributed by atoms with Gasteiger partial charge in [0.05, 0.1) is 29.1 Å². The molecule has 2 atom stereocenters. The number of nitrogens with zero attached hydrogens (tertiary/aromatic N) is 4. The zero-order valence-electron chi connectivity index (χ0n) is 15.3. The summed E-state index contributed by atoms with van der Waals surface area (Å²) in [6, 6.07) is 2.07. The third kappa shape index (κ3) is 2.49. The summed E-state index contributed by atoms with van der Waals surface area (Å²) in [5.74, 6) is 0.0103. The Morgan fingerprint density at radius 2 is 2.21 bits per heavy atom. The van der Waals surface area contributed by atoms with Crippen LogP contribution in [0.25, 0.3) is 11.0 Å². The van der Waals surface area contributed by atoms with E-state index in [1.165, 1.54) is 0 Å². The highest BCUT2D eigenvalue weighted by Crippen LogP contribution is 2.45. The van der Waals surface area contributed by atoms with Gasteiger partial charge in [-0.3, -0.25) is 9.48 Å². The van der Waals surface area contributed by atoms with Gasteiger partial charge in [0.25, 0.3) is 5.91 Å². The Kier molecular flexibility index (Phi) is 4.11. The zero-order valence-corrected chi connectivity index (χ0v) is 15.3. The molecule has 1 saturated carbocycles. The first-order valence-corrected chi connectivity index (χ1v) is 8.45. The smallest absolute Gasteiger partial charge is 0.255 e. The fourth-order valence-corrected chi connectivity index (χ4v) is 3.72. The number of carbonyl (C=O) groups excluding carboxylic acids is 1. The quantitative estimate of drug-likeness (QED) is 0.864. The molecule has 0 radical (unpaired) electrons. The molecule has 6 heteroatoms. The van der Waals surface area contributed by atoms with Gasteiger partial charge in [-0.15, -0.1) is 0 Å². The maximum Gasteiger partial charge on any atom is 0.255 e. The van der Waals surface area contributed by atoms with E-state index in [9.17, 15) is 4.79 Å². The number of ether oxygens (including phenoxy) is 1. The molecule has 24 heavy (non-hydrogen) atoms. The largest absolute Gasteiger partial charge is 0.378 e. The Bertz CT molecular complexity index is 781. The van der Waals surface area contributed by atoms with Gasteiger partial charge in [0.1, 0.15) is 5.52 Å². The van der Waals surface area contributed by atoms with Gasteiger partial charge in [-0.2, -0.15) is 5.10 Å². The normalized spacial score (nSPS) is 22.4. The predicted octanol–water partition coefficient (Wildman–Crippen LogP) is 2.55. The van der Waals surface area contributed by atoms with E-state index in [1.807, 2.05) is 38.9 Å². The van der Waals surface area contributed by atoms with E-state index >= 15 is 0 Å². The molecular weight excluding hydrogens is 304 g/mol. The number of rotatable bonds is 4. The van der Waals surface area contributed by atoms with Crippen LogP contribution < -0.4 is 0 Å². The van der Waals surface area contributed by atoms with Gasteiger partial charge < -0.3 is 9.64 Å². The second-order valence-electron chi connectivity index (χ2n) is 7.23. The van der Waals surface area contributed by atoms with Gasteiger partial charge >= 0.3 is 0 Å². The number of hydrogen-bond donors (Lipinski definition) is 0. The third-order valence-electron chi connectivity index (χ3n) is 5.44. The van der Waals surface area contributed by atoms with E-state index in [0.717, 1.165) is 23.1 Å². The Hall–Kier alpha value is -1.95. The molecule has 6 nitrogen and oxygen atoms in total. The van der Waals surface area contributed by atoms with Crippen LogP contribution in [0.15, 0.2) is 12.3 Å². The number of amides is 1. The molecule has 1 aliphatic rings. The first-order valence-electron chi connectivity index (χ1n) is 8.45. The minimum Gasteiger partial charge on any atom is -0.378 e. The van der Waals surface area contributed by atoms with Crippen molar-refractivity contribution in [3.63, 3.8) is 0 Å². The van der Waals surface area contributed by atoms with Crippen LogP contribution >= 0.6 is 0 Å². The lowest BCUT2D eigenvalue weighted by atomic mass is 9.63. The maximum absolute atomic E-state index is 13.0. The first kappa shape index (κ1) is 16.9. The maximum atomic E-state index is 13.0. The van der Waals surface area contributed by atoms with Gasteiger partial charge in [0.15, 0.2) is 0 Å². The second kappa shape index (κ2) is 5.84. The number of hydrogen-bond acceptors (Lipinski definition) is 4. The van der Waals surface area contributed by atoms with Crippen molar-refractivity contribution in [3.05, 3.63) is 23.5 Å². The molecule has 0 saturated heterocycles. The summed E-state index contributed by atoms with van der Waals surface area (Å²) in [6.07, 6.45) is 2.81. The van der Waals surface area contributed by atoms with Crippen LogP contribution in [-0.2, 0) is 11.8 Å². The van der Waals surface area contributed by atoms with Gasteiger partial charge in [-0.1, -0.05) is 13.8 Å². The topological polar surface area (TPSA) is 60.2 Å². The van der Waals surface area contributed by atoms with Crippen molar-refractivity contribution in [3.8, 4) is 0 Å². The minimum absolute atomic E-state index is 0.0103. The van der Waals surface area contributed by atoms with Crippen molar-refractivity contribution in [2.24, 2.45) is 12.5 Å². The number of fused-ring (bicyclic) bond motifs is 1. The average Bonchev–Trinajstić information content (AvgIpc) is 2.89. The fraction of sp³-hybridized carbons (Fsp3) is 0.611. The monoisotopic (exact) mass is 330 g/mol. The highest BCUT2D eigenvalue weighted by atomic mass is 16.5. The summed E-state index contributed by atoms with van der Waals surface area (Å²) in [7, 11) is 3.74. The van der Waals surface area contributed by atoms with Crippen LogP contribution in [0.4, 0.5) is 0 Å². The lowest BCUT2D eigenvalue weighted by molar-refractivity contribution is -0.136. The molecule has 0 aliphatic heterocycles. The van der Waals surface area contributed by atoms with Crippen LogP contribution in [0.5, 0.6) is 0 Å². The van der Waals surface area contributed by atoms with Crippen molar-refractivity contribution in [2.75, 3.05) is 13.7 Å². The van der Waals surface area contributed by atoms with Crippen LogP contribution in [-0.4, -0.2) is 51.4 Å². The van der Waals surface area contributed by atoms with Crippen molar-refractivity contribution in [2.45, 2.75) is 46.3 Å². The summed E-state index contributed by atoms with van der Waals surface area (Å²) >= 11 is 0. The second-order valence-corrected chi connectivity index (χ2v) is 7.23. The van der Waals surface area contributed by atoms with Crippen LogP contribution in [0.1, 0.15) is 43.2 Å². The standard InChI is InChI=1S/C18H26N4O2/c1-7-24-16-9-15(18(16,3)4)21(5)17(23)12-8-14-13(20-11(12)2)10-19-22(14)6/h8,10,15-16H,7,9H2,1-6H3. The summed E-state index contributed by atoms with van der Waals surface area (Å²) < 4.78 is 7.53. The van der Waals surface area contributed by atoms with E-state index in [-0.39, 0.29) is 23.5 Å². The lowest BCUT2D eigenvalue weighted by Crippen LogP contribution is -2.62. The van der Waals surface area contributed by atoms with Gasteiger partial charge in [-0.25, -0.2) is 4.98 Å². The van der Waals surface area contributed by atoms with Gasteiger partial charge in [0, 0.05) is 32.2 Å². The number of aromatic nitrogens is 3. The SMILES string of the molecule is CCOC1CC(N(C)C(=O)c2cc3c(cnn3C)nc2C)C1(C)C. The first-order chi connectivity index (χ1) is 11.3. The molecule has 1 fully saturated rings. The highest BCUT2D eigenvalue weighted by Gasteiger charge is 2.51. The molecule has 0 N–H and O–H groups in total. The summed E-state index contributed by atoms with van der Waals surface area (Å²) in [5, 5.41) is 4.21. The number of aryl methyl sites for hydroxylation is 2. The van der Waals surface area contributed by atoms with E-state index in [4.69, 9.17) is 4.74 Å². The minimum atomic E-state index is -0.0433. The number of pyridine rings is 1. The summed E-state index contributed by atoms with van der Waals surface area (Å²) in [4.78, 5) is 19.4. The predicted molar refractivity (Wildman–Crippen MR) is 92.9 cm³/mol. The summed E-state index contributed by atoms with van der Waals surface area (Å²) in [5.41, 5.74) is 3.03. The molecule has 2 aromatic heterocycles. The van der Waals surface area contributed by atoms with Gasteiger partial charge in [0.2, 0.25) is 0 Å². The van der Waals surface area contributed by atoms with Crippen molar-refractivity contribution < 1.29 is 9.53 Å². The molecule has 2 heterocycles. The van der Waals surface area contributed by atoms with E-state index in [0.29, 0.717) is 12.2 Å². The molecule has 1 amide bonds. The van der Waals surface area contributed by atoms with Crippen LogP contribution in [0.3, 0.4) is 0 Å². The fourth-order valence-electron chi connectivity index (χ4n) is 3.72. The molecule has 1 aliphatic carbocycles. The Labute approximate surface area is 142 Å². The van der Waals surface area contributed by atoms with Crippen LogP contribution in [0.2, 0.25) is 0 Å². The van der Waals surface area contributed by atoms with Crippen molar-refractivity contribution >= 4 is 16.9 Å². The molecule has 130 valence electrons.